The molecule has 0 saturated heterocycles. The molecule has 18 heavy (non-hydrogen) atoms. The van der Waals surface area contributed by atoms with Gasteiger partial charge in [0.25, 0.3) is 0 Å². The number of rotatable bonds is 3. The highest BCUT2D eigenvalue weighted by Gasteiger charge is 2.16. The third-order valence-electron chi connectivity index (χ3n) is 2.76. The fraction of sp³-hybridized carbons (Fsp3) is 0.214. The van der Waals surface area contributed by atoms with Crippen LogP contribution < -0.4 is 0 Å². The largest absolute Gasteiger partial charge is 0.456 e. The minimum atomic E-state index is -0.303. The van der Waals surface area contributed by atoms with Gasteiger partial charge in [-0.3, -0.25) is 0 Å². The maximum absolute atomic E-state index is 11.9. The molecule has 4 heteroatoms. The SMILES string of the molecule is Cc1[nH]c(C(=O)OCc2ccccc2)c(C)c1I. The molecule has 94 valence electrons. The molecular weight excluding hydrogens is 341 g/mol. The Morgan fingerprint density at radius 3 is 2.50 bits per heavy atom. The normalized spacial score (nSPS) is 10.4. The Morgan fingerprint density at radius 2 is 1.94 bits per heavy atom. The number of hydrogen-bond acceptors (Lipinski definition) is 2. The molecule has 0 atom stereocenters. The standard InChI is InChI=1S/C14H14INO2/c1-9-12(15)10(2)16-13(9)14(17)18-8-11-6-4-3-5-7-11/h3-7,16H,8H2,1-2H3. The number of halogens is 1. The Balaban J connectivity index is 2.06. The summed E-state index contributed by atoms with van der Waals surface area (Å²) < 4.78 is 6.37. The average Bonchev–Trinajstić information content (AvgIpc) is 2.65. The highest BCUT2D eigenvalue weighted by atomic mass is 127. The van der Waals surface area contributed by atoms with Gasteiger partial charge in [0, 0.05) is 9.26 Å². The Bertz CT molecular complexity index is 561. The first-order valence-corrected chi connectivity index (χ1v) is 6.73. The lowest BCUT2D eigenvalue weighted by molar-refractivity contribution is 0.0465. The molecular formula is C14H14INO2. The molecule has 0 fully saturated rings. The molecule has 1 N–H and O–H groups in total. The van der Waals surface area contributed by atoms with Gasteiger partial charge in [0.2, 0.25) is 0 Å². The van der Waals surface area contributed by atoms with Crippen molar-refractivity contribution in [1.82, 2.24) is 4.98 Å². The summed E-state index contributed by atoms with van der Waals surface area (Å²) >= 11 is 2.22. The monoisotopic (exact) mass is 355 g/mol. The molecule has 0 unspecified atom stereocenters. The van der Waals surface area contributed by atoms with Crippen LogP contribution in [0.1, 0.15) is 27.3 Å². The Labute approximate surface area is 120 Å². The van der Waals surface area contributed by atoms with E-state index in [0.29, 0.717) is 12.3 Å². The molecule has 2 rings (SSSR count). The van der Waals surface area contributed by atoms with Crippen LogP contribution in [0.4, 0.5) is 0 Å². The smallest absolute Gasteiger partial charge is 0.355 e. The van der Waals surface area contributed by atoms with Crippen molar-refractivity contribution in [3.8, 4) is 0 Å². The number of carbonyl (C=O) groups excluding carboxylic acids is 1. The Hall–Kier alpha value is -1.30. The number of aromatic amines is 1. The van der Waals surface area contributed by atoms with Gasteiger partial charge in [0.05, 0.1) is 0 Å². The fourth-order valence-electron chi connectivity index (χ4n) is 1.73. The van der Waals surface area contributed by atoms with E-state index >= 15 is 0 Å². The summed E-state index contributed by atoms with van der Waals surface area (Å²) in [7, 11) is 0. The van der Waals surface area contributed by atoms with Gasteiger partial charge in [-0.05, 0) is 47.6 Å². The summed E-state index contributed by atoms with van der Waals surface area (Å²) in [5.74, 6) is -0.303. The predicted octanol–water partition coefficient (Wildman–Crippen LogP) is 3.59. The highest BCUT2D eigenvalue weighted by molar-refractivity contribution is 14.1. The maximum atomic E-state index is 11.9. The molecule has 2 aromatic rings. The average molecular weight is 355 g/mol. The summed E-state index contributed by atoms with van der Waals surface area (Å²) in [6.07, 6.45) is 0. The van der Waals surface area contributed by atoms with Gasteiger partial charge < -0.3 is 9.72 Å². The van der Waals surface area contributed by atoms with Crippen molar-refractivity contribution in [2.75, 3.05) is 0 Å². The van der Waals surface area contributed by atoms with Crippen molar-refractivity contribution in [3.05, 3.63) is 56.4 Å². The molecule has 0 aliphatic carbocycles. The van der Waals surface area contributed by atoms with E-state index in [1.807, 2.05) is 44.2 Å². The summed E-state index contributed by atoms with van der Waals surface area (Å²) in [6.45, 7) is 4.17. The van der Waals surface area contributed by atoms with Gasteiger partial charge in [-0.2, -0.15) is 0 Å². The first-order valence-electron chi connectivity index (χ1n) is 5.65. The first-order chi connectivity index (χ1) is 8.59. The molecule has 1 aromatic carbocycles. The quantitative estimate of drug-likeness (QED) is 0.675. The third kappa shape index (κ3) is 2.75. The number of benzene rings is 1. The molecule has 0 radical (unpaired) electrons. The van der Waals surface area contributed by atoms with E-state index in [1.54, 1.807) is 0 Å². The minimum Gasteiger partial charge on any atom is -0.456 e. The number of ether oxygens (including phenoxy) is 1. The van der Waals surface area contributed by atoms with Crippen LogP contribution in [0.2, 0.25) is 0 Å². The predicted molar refractivity (Wildman–Crippen MR) is 78.5 cm³/mol. The van der Waals surface area contributed by atoms with Crippen LogP contribution >= 0.6 is 22.6 Å². The number of nitrogens with one attached hydrogen (secondary N) is 1. The zero-order valence-electron chi connectivity index (χ0n) is 10.3. The number of aromatic nitrogens is 1. The van der Waals surface area contributed by atoms with Crippen molar-refractivity contribution in [2.45, 2.75) is 20.5 Å². The number of aryl methyl sites for hydroxylation is 1. The lowest BCUT2D eigenvalue weighted by atomic mass is 10.2. The van der Waals surface area contributed by atoms with Crippen LogP contribution in [0.25, 0.3) is 0 Å². The summed E-state index contributed by atoms with van der Waals surface area (Å²) in [6, 6.07) is 9.66. The van der Waals surface area contributed by atoms with Gasteiger partial charge in [0.1, 0.15) is 12.3 Å². The Kier molecular flexibility index (Phi) is 4.06. The van der Waals surface area contributed by atoms with Crippen LogP contribution in [0, 0.1) is 17.4 Å². The Morgan fingerprint density at radius 1 is 1.28 bits per heavy atom. The number of H-pyrrole nitrogens is 1. The van der Waals surface area contributed by atoms with Gasteiger partial charge in [0.15, 0.2) is 0 Å². The van der Waals surface area contributed by atoms with Gasteiger partial charge in [-0.1, -0.05) is 30.3 Å². The third-order valence-corrected chi connectivity index (χ3v) is 4.38. The zero-order valence-corrected chi connectivity index (χ0v) is 12.4. The second-order valence-corrected chi connectivity index (χ2v) is 5.20. The number of carbonyl (C=O) groups is 1. The van der Waals surface area contributed by atoms with E-state index in [4.69, 9.17) is 4.74 Å². The molecule has 0 aliphatic rings. The summed E-state index contributed by atoms with van der Waals surface area (Å²) in [5.41, 5.74) is 3.49. The number of esters is 1. The molecule has 0 spiro atoms. The van der Waals surface area contributed by atoms with E-state index in [0.717, 1.165) is 20.4 Å². The van der Waals surface area contributed by atoms with Crippen LogP contribution in [-0.2, 0) is 11.3 Å². The van der Waals surface area contributed by atoms with Gasteiger partial charge in [-0.25, -0.2) is 4.79 Å². The maximum Gasteiger partial charge on any atom is 0.355 e. The van der Waals surface area contributed by atoms with Crippen molar-refractivity contribution in [1.29, 1.82) is 0 Å². The second-order valence-electron chi connectivity index (χ2n) is 4.13. The first kappa shape index (κ1) is 13.1. The fourth-order valence-corrected chi connectivity index (χ4v) is 2.13. The van der Waals surface area contributed by atoms with Crippen molar-refractivity contribution < 1.29 is 9.53 Å². The van der Waals surface area contributed by atoms with E-state index in [1.165, 1.54) is 0 Å². The lowest BCUT2D eigenvalue weighted by Crippen LogP contribution is -2.07. The van der Waals surface area contributed by atoms with Gasteiger partial charge >= 0.3 is 5.97 Å². The van der Waals surface area contributed by atoms with E-state index in [2.05, 4.69) is 27.6 Å². The van der Waals surface area contributed by atoms with E-state index in [-0.39, 0.29) is 5.97 Å². The van der Waals surface area contributed by atoms with Crippen molar-refractivity contribution in [2.24, 2.45) is 0 Å². The molecule has 1 heterocycles. The van der Waals surface area contributed by atoms with Crippen molar-refractivity contribution >= 4 is 28.6 Å². The summed E-state index contributed by atoms with van der Waals surface area (Å²) in [4.78, 5) is 15.0. The van der Waals surface area contributed by atoms with Gasteiger partial charge in [-0.15, -0.1) is 0 Å². The second kappa shape index (κ2) is 5.56. The van der Waals surface area contributed by atoms with E-state index in [9.17, 15) is 4.79 Å². The molecule has 0 aliphatic heterocycles. The van der Waals surface area contributed by atoms with Crippen LogP contribution in [-0.4, -0.2) is 11.0 Å². The molecule has 0 saturated carbocycles. The minimum absolute atomic E-state index is 0.299. The molecule has 0 amide bonds. The lowest BCUT2D eigenvalue weighted by Gasteiger charge is -2.04. The molecule has 0 bridgehead atoms. The zero-order chi connectivity index (χ0) is 13.1. The molecule has 3 nitrogen and oxygen atoms in total. The van der Waals surface area contributed by atoms with E-state index < -0.39 is 0 Å². The van der Waals surface area contributed by atoms with Crippen LogP contribution in [0.5, 0.6) is 0 Å². The highest BCUT2D eigenvalue weighted by Crippen LogP contribution is 2.20. The van der Waals surface area contributed by atoms with Crippen LogP contribution in [0.15, 0.2) is 30.3 Å². The van der Waals surface area contributed by atoms with Crippen molar-refractivity contribution in [3.63, 3.8) is 0 Å². The number of hydrogen-bond donors (Lipinski definition) is 1. The topological polar surface area (TPSA) is 42.1 Å². The summed E-state index contributed by atoms with van der Waals surface area (Å²) in [5, 5.41) is 0. The molecule has 1 aromatic heterocycles. The van der Waals surface area contributed by atoms with Crippen LogP contribution in [0.3, 0.4) is 0 Å².